The van der Waals surface area contributed by atoms with E-state index in [0.29, 0.717) is 5.15 Å². The lowest BCUT2D eigenvalue weighted by Crippen LogP contribution is -2.29. The summed E-state index contributed by atoms with van der Waals surface area (Å²) in [6, 6.07) is 10.7. The molecular weight excluding hydrogens is 318 g/mol. The van der Waals surface area contributed by atoms with Gasteiger partial charge in [-0.15, -0.1) is 0 Å². The fraction of sp³-hybridized carbons (Fsp3) is 0.300. The van der Waals surface area contributed by atoms with Crippen LogP contribution in [-0.4, -0.2) is 23.1 Å². The quantitative estimate of drug-likeness (QED) is 0.598. The van der Waals surface area contributed by atoms with Crippen molar-refractivity contribution in [2.24, 2.45) is 0 Å². The van der Waals surface area contributed by atoms with Crippen molar-refractivity contribution in [3.8, 4) is 11.1 Å². The molecule has 0 amide bonds. The van der Waals surface area contributed by atoms with Crippen molar-refractivity contribution in [3.05, 3.63) is 53.4 Å². The molecule has 1 aliphatic rings. The molecule has 1 saturated heterocycles. The Morgan fingerprint density at radius 3 is 2.58 bits per heavy atom. The Hall–Kier alpha value is -2.13. The lowest BCUT2D eigenvalue weighted by molar-refractivity contribution is 0.579. The Bertz CT molecular complexity index is 885. The van der Waals surface area contributed by atoms with Crippen LogP contribution in [-0.2, 0) is 0 Å². The average molecular weight is 338 g/mol. The van der Waals surface area contributed by atoms with Gasteiger partial charge in [-0.05, 0) is 61.6 Å². The number of rotatable bonds is 2. The molecule has 1 aliphatic heterocycles. The molecule has 0 aliphatic carbocycles. The van der Waals surface area contributed by atoms with E-state index in [0.717, 1.165) is 35.3 Å². The Balaban J connectivity index is 1.82. The molecule has 3 nitrogen and oxygen atoms in total. The van der Waals surface area contributed by atoms with Gasteiger partial charge in [-0.25, -0.2) is 4.98 Å². The van der Waals surface area contributed by atoms with Crippen LogP contribution in [0.1, 0.15) is 24.8 Å². The van der Waals surface area contributed by atoms with Crippen LogP contribution in [0.3, 0.4) is 0 Å². The van der Waals surface area contributed by atoms with E-state index in [1.807, 2.05) is 19.3 Å². The van der Waals surface area contributed by atoms with Crippen molar-refractivity contribution in [1.29, 1.82) is 0 Å². The third-order valence-corrected chi connectivity index (χ3v) is 5.16. The summed E-state index contributed by atoms with van der Waals surface area (Å²) in [7, 11) is 0. The molecule has 4 rings (SSSR count). The van der Waals surface area contributed by atoms with Gasteiger partial charge in [0.25, 0.3) is 0 Å². The van der Waals surface area contributed by atoms with Crippen molar-refractivity contribution in [3.63, 3.8) is 0 Å². The number of pyridine rings is 2. The number of halogens is 1. The lowest BCUT2D eigenvalue weighted by atomic mass is 10.0. The van der Waals surface area contributed by atoms with Gasteiger partial charge in [-0.3, -0.25) is 4.98 Å². The highest BCUT2D eigenvalue weighted by Gasteiger charge is 2.14. The molecule has 1 aromatic carbocycles. The monoisotopic (exact) mass is 337 g/mol. The molecule has 24 heavy (non-hydrogen) atoms. The molecule has 0 spiro atoms. The van der Waals surface area contributed by atoms with Crippen LogP contribution in [0.5, 0.6) is 0 Å². The Labute approximate surface area is 147 Å². The first kappa shape index (κ1) is 15.4. The van der Waals surface area contributed by atoms with Crippen LogP contribution in [0.25, 0.3) is 22.0 Å². The summed E-state index contributed by atoms with van der Waals surface area (Å²) >= 11 is 6.06. The average Bonchev–Trinajstić information content (AvgIpc) is 2.64. The highest BCUT2D eigenvalue weighted by atomic mass is 35.5. The maximum Gasteiger partial charge on any atom is 0.131 e. The fourth-order valence-corrected chi connectivity index (χ4v) is 3.54. The highest BCUT2D eigenvalue weighted by molar-refractivity contribution is 6.30. The van der Waals surface area contributed by atoms with Crippen LogP contribution in [0.4, 0.5) is 5.69 Å². The Morgan fingerprint density at radius 1 is 0.958 bits per heavy atom. The molecule has 2 aromatic heterocycles. The van der Waals surface area contributed by atoms with E-state index in [2.05, 4.69) is 45.2 Å². The second-order valence-electron chi connectivity index (χ2n) is 6.44. The maximum atomic E-state index is 6.06. The second-order valence-corrected chi connectivity index (χ2v) is 6.80. The number of piperidine rings is 1. The molecule has 0 saturated carbocycles. The molecule has 1 fully saturated rings. The Kier molecular flexibility index (Phi) is 4.11. The van der Waals surface area contributed by atoms with Gasteiger partial charge in [-0.2, -0.15) is 0 Å². The van der Waals surface area contributed by atoms with Crippen molar-refractivity contribution in [2.75, 3.05) is 18.0 Å². The van der Waals surface area contributed by atoms with Crippen LogP contribution < -0.4 is 4.90 Å². The van der Waals surface area contributed by atoms with Gasteiger partial charge in [0.2, 0.25) is 0 Å². The van der Waals surface area contributed by atoms with Crippen molar-refractivity contribution >= 4 is 28.2 Å². The molecule has 3 heterocycles. The number of nitrogens with zero attached hydrogens (tertiary/aromatic N) is 3. The number of aromatic nitrogens is 2. The van der Waals surface area contributed by atoms with E-state index in [1.54, 1.807) is 0 Å². The van der Waals surface area contributed by atoms with Crippen LogP contribution in [0.15, 0.2) is 42.7 Å². The van der Waals surface area contributed by atoms with Crippen molar-refractivity contribution in [2.45, 2.75) is 26.2 Å². The van der Waals surface area contributed by atoms with E-state index < -0.39 is 0 Å². The van der Waals surface area contributed by atoms with Gasteiger partial charge in [0.15, 0.2) is 0 Å². The molecular formula is C20H20ClN3. The van der Waals surface area contributed by atoms with Gasteiger partial charge in [0.05, 0.1) is 5.52 Å². The molecule has 0 unspecified atom stereocenters. The minimum atomic E-state index is 0.565. The first-order chi connectivity index (χ1) is 11.7. The van der Waals surface area contributed by atoms with Gasteiger partial charge in [-0.1, -0.05) is 17.7 Å². The van der Waals surface area contributed by atoms with E-state index in [9.17, 15) is 0 Å². The van der Waals surface area contributed by atoms with Gasteiger partial charge < -0.3 is 4.90 Å². The van der Waals surface area contributed by atoms with Crippen LogP contribution >= 0.6 is 11.6 Å². The first-order valence-corrected chi connectivity index (χ1v) is 8.86. The summed E-state index contributed by atoms with van der Waals surface area (Å²) < 4.78 is 0. The van der Waals surface area contributed by atoms with Crippen molar-refractivity contribution < 1.29 is 0 Å². The molecule has 0 bridgehead atoms. The van der Waals surface area contributed by atoms with Gasteiger partial charge >= 0.3 is 0 Å². The number of fused-ring (bicyclic) bond motifs is 1. The summed E-state index contributed by atoms with van der Waals surface area (Å²) in [6.07, 6.45) is 7.63. The highest BCUT2D eigenvalue weighted by Crippen LogP contribution is 2.32. The first-order valence-electron chi connectivity index (χ1n) is 8.48. The summed E-state index contributed by atoms with van der Waals surface area (Å²) in [6.45, 7) is 4.25. The predicted molar refractivity (Wildman–Crippen MR) is 101 cm³/mol. The third kappa shape index (κ3) is 2.84. The minimum Gasteiger partial charge on any atom is -0.371 e. The Morgan fingerprint density at radius 2 is 1.79 bits per heavy atom. The maximum absolute atomic E-state index is 6.06. The number of benzene rings is 1. The number of anilines is 1. The minimum absolute atomic E-state index is 0.565. The summed E-state index contributed by atoms with van der Waals surface area (Å²) in [5, 5.41) is 1.78. The molecule has 3 aromatic rings. The molecule has 4 heteroatoms. The van der Waals surface area contributed by atoms with E-state index >= 15 is 0 Å². The smallest absolute Gasteiger partial charge is 0.131 e. The predicted octanol–water partition coefficient (Wildman–Crippen LogP) is 5.25. The van der Waals surface area contributed by atoms with Crippen LogP contribution in [0.2, 0.25) is 5.15 Å². The zero-order valence-electron chi connectivity index (χ0n) is 13.8. The molecule has 0 atom stereocenters. The fourth-order valence-electron chi connectivity index (χ4n) is 3.44. The zero-order valence-corrected chi connectivity index (χ0v) is 14.6. The van der Waals surface area contributed by atoms with Gasteiger partial charge in [0, 0.05) is 42.1 Å². The summed E-state index contributed by atoms with van der Waals surface area (Å²) in [5.41, 5.74) is 5.57. The van der Waals surface area contributed by atoms with Crippen molar-refractivity contribution in [1.82, 2.24) is 9.97 Å². The number of hydrogen-bond acceptors (Lipinski definition) is 3. The number of aryl methyl sites for hydroxylation is 1. The molecule has 0 N–H and O–H groups in total. The normalized spacial score (nSPS) is 15.0. The van der Waals surface area contributed by atoms with E-state index in [-0.39, 0.29) is 0 Å². The van der Waals surface area contributed by atoms with E-state index in [4.69, 9.17) is 11.6 Å². The topological polar surface area (TPSA) is 29.0 Å². The van der Waals surface area contributed by atoms with Crippen LogP contribution in [0, 0.1) is 6.92 Å². The molecule has 0 radical (unpaired) electrons. The summed E-state index contributed by atoms with van der Waals surface area (Å²) in [4.78, 5) is 11.3. The second kappa shape index (κ2) is 6.40. The number of hydrogen-bond donors (Lipinski definition) is 0. The third-order valence-electron chi connectivity index (χ3n) is 4.76. The standard InChI is InChI=1S/C20H20ClN3/c1-14-11-16(13-23-20(14)21)15-5-6-18-17(12-15)19(7-8-22-18)24-9-3-2-4-10-24/h5-8,11-13H,2-4,9-10H2,1H3. The van der Waals surface area contributed by atoms with Gasteiger partial charge in [0.1, 0.15) is 5.15 Å². The summed E-state index contributed by atoms with van der Waals surface area (Å²) in [5.74, 6) is 0. The largest absolute Gasteiger partial charge is 0.371 e. The lowest BCUT2D eigenvalue weighted by Gasteiger charge is -2.29. The SMILES string of the molecule is Cc1cc(-c2ccc3nccc(N4CCCCC4)c3c2)cnc1Cl. The molecule has 122 valence electrons. The van der Waals surface area contributed by atoms with E-state index in [1.165, 1.54) is 30.3 Å². The zero-order chi connectivity index (χ0) is 16.5.